The SMILES string of the molecule is CCCNS(=O)(=O)c1cc(C)c(F)c(CNC)c1. The van der Waals surface area contributed by atoms with Crippen molar-refractivity contribution in [3.05, 3.63) is 29.1 Å². The van der Waals surface area contributed by atoms with E-state index in [0.717, 1.165) is 0 Å². The van der Waals surface area contributed by atoms with E-state index in [-0.39, 0.29) is 10.7 Å². The molecule has 0 aliphatic rings. The first-order chi connectivity index (χ1) is 8.42. The highest BCUT2D eigenvalue weighted by molar-refractivity contribution is 7.89. The molecule has 0 aliphatic carbocycles. The van der Waals surface area contributed by atoms with Crippen LogP contribution in [0.3, 0.4) is 0 Å². The third kappa shape index (κ3) is 3.51. The molecule has 0 bridgehead atoms. The summed E-state index contributed by atoms with van der Waals surface area (Å²) >= 11 is 0. The summed E-state index contributed by atoms with van der Waals surface area (Å²) in [6, 6.07) is 2.73. The maximum absolute atomic E-state index is 13.8. The molecule has 0 saturated heterocycles. The van der Waals surface area contributed by atoms with Crippen molar-refractivity contribution in [2.24, 2.45) is 0 Å². The molecule has 0 amide bonds. The Balaban J connectivity index is 3.17. The summed E-state index contributed by atoms with van der Waals surface area (Å²) in [5.74, 6) is -0.362. The predicted octanol–water partition coefficient (Wildman–Crippen LogP) is 1.54. The second kappa shape index (κ2) is 6.26. The molecule has 0 aromatic heterocycles. The standard InChI is InChI=1S/C12H19FN2O2S/c1-4-5-15-18(16,17)11-6-9(2)12(13)10(7-11)8-14-3/h6-7,14-15H,4-5,8H2,1-3H3. The fraction of sp³-hybridized carbons (Fsp3) is 0.500. The first-order valence-corrected chi connectivity index (χ1v) is 7.34. The Labute approximate surface area is 108 Å². The second-order valence-electron chi connectivity index (χ2n) is 4.14. The fourth-order valence-corrected chi connectivity index (χ4v) is 2.87. The lowest BCUT2D eigenvalue weighted by Crippen LogP contribution is -2.25. The highest BCUT2D eigenvalue weighted by Crippen LogP contribution is 2.19. The summed E-state index contributed by atoms with van der Waals surface area (Å²) in [6.07, 6.45) is 0.711. The summed E-state index contributed by atoms with van der Waals surface area (Å²) < 4.78 is 40.1. The Hall–Kier alpha value is -0.980. The zero-order valence-electron chi connectivity index (χ0n) is 10.9. The van der Waals surface area contributed by atoms with Crippen LogP contribution in [0.2, 0.25) is 0 Å². The van der Waals surface area contributed by atoms with Gasteiger partial charge in [-0.2, -0.15) is 0 Å². The van der Waals surface area contributed by atoms with Crippen molar-refractivity contribution in [2.75, 3.05) is 13.6 Å². The van der Waals surface area contributed by atoms with E-state index in [1.807, 2.05) is 6.92 Å². The first-order valence-electron chi connectivity index (χ1n) is 5.85. The molecular formula is C12H19FN2O2S. The molecule has 0 unspecified atom stereocenters. The summed E-state index contributed by atoms with van der Waals surface area (Å²) in [6.45, 7) is 4.11. The van der Waals surface area contributed by atoms with Gasteiger partial charge in [-0.1, -0.05) is 6.92 Å². The van der Waals surface area contributed by atoms with E-state index in [4.69, 9.17) is 0 Å². The molecule has 102 valence electrons. The van der Waals surface area contributed by atoms with E-state index in [2.05, 4.69) is 10.0 Å². The number of hydrogen-bond donors (Lipinski definition) is 2. The van der Waals surface area contributed by atoms with Gasteiger partial charge in [-0.25, -0.2) is 17.5 Å². The molecule has 4 nitrogen and oxygen atoms in total. The van der Waals surface area contributed by atoms with Crippen LogP contribution in [0, 0.1) is 12.7 Å². The second-order valence-corrected chi connectivity index (χ2v) is 5.91. The number of hydrogen-bond acceptors (Lipinski definition) is 3. The lowest BCUT2D eigenvalue weighted by molar-refractivity contribution is 0.575. The maximum Gasteiger partial charge on any atom is 0.240 e. The first kappa shape index (κ1) is 15.1. The van der Waals surface area contributed by atoms with Crippen LogP contribution in [0.1, 0.15) is 24.5 Å². The molecular weight excluding hydrogens is 255 g/mol. The van der Waals surface area contributed by atoms with Crippen molar-refractivity contribution in [2.45, 2.75) is 31.7 Å². The van der Waals surface area contributed by atoms with Crippen LogP contribution in [0.15, 0.2) is 17.0 Å². The molecule has 0 fully saturated rings. The quantitative estimate of drug-likeness (QED) is 0.827. The number of rotatable bonds is 6. The largest absolute Gasteiger partial charge is 0.316 e. The van der Waals surface area contributed by atoms with Gasteiger partial charge in [0, 0.05) is 18.7 Å². The van der Waals surface area contributed by atoms with Crippen LogP contribution in [0.5, 0.6) is 0 Å². The Morgan fingerprint density at radius 2 is 2.00 bits per heavy atom. The third-order valence-electron chi connectivity index (χ3n) is 2.52. The van der Waals surface area contributed by atoms with Crippen molar-refractivity contribution in [3.8, 4) is 0 Å². The van der Waals surface area contributed by atoms with Gasteiger partial charge in [-0.3, -0.25) is 0 Å². The van der Waals surface area contributed by atoms with Crippen LogP contribution in [-0.4, -0.2) is 22.0 Å². The highest BCUT2D eigenvalue weighted by Gasteiger charge is 2.17. The monoisotopic (exact) mass is 274 g/mol. The maximum atomic E-state index is 13.8. The average Bonchev–Trinajstić information content (AvgIpc) is 2.32. The molecule has 0 heterocycles. The number of benzene rings is 1. The van der Waals surface area contributed by atoms with Crippen molar-refractivity contribution >= 4 is 10.0 Å². The van der Waals surface area contributed by atoms with E-state index in [9.17, 15) is 12.8 Å². The number of nitrogens with one attached hydrogen (secondary N) is 2. The van der Waals surface area contributed by atoms with E-state index in [1.54, 1.807) is 14.0 Å². The Kier molecular flexibility index (Phi) is 5.25. The molecule has 1 aromatic carbocycles. The molecule has 6 heteroatoms. The van der Waals surface area contributed by atoms with Gasteiger partial charge >= 0.3 is 0 Å². The Bertz CT molecular complexity index is 515. The normalized spacial score (nSPS) is 11.8. The summed E-state index contributed by atoms with van der Waals surface area (Å²) in [5.41, 5.74) is 0.689. The molecule has 18 heavy (non-hydrogen) atoms. The zero-order chi connectivity index (χ0) is 13.8. The van der Waals surface area contributed by atoms with Crippen molar-refractivity contribution < 1.29 is 12.8 Å². The molecule has 0 spiro atoms. The van der Waals surface area contributed by atoms with E-state index in [0.29, 0.717) is 30.6 Å². The number of sulfonamides is 1. The van der Waals surface area contributed by atoms with E-state index >= 15 is 0 Å². The third-order valence-corrected chi connectivity index (χ3v) is 3.96. The fourth-order valence-electron chi connectivity index (χ4n) is 1.60. The van der Waals surface area contributed by atoms with Gasteiger partial charge in [0.05, 0.1) is 4.90 Å². The average molecular weight is 274 g/mol. The molecule has 1 rings (SSSR count). The lowest BCUT2D eigenvalue weighted by atomic mass is 10.1. The molecule has 0 saturated carbocycles. The van der Waals surface area contributed by atoms with Gasteiger partial charge in [0.2, 0.25) is 10.0 Å². The zero-order valence-corrected chi connectivity index (χ0v) is 11.7. The molecule has 0 atom stereocenters. The van der Waals surface area contributed by atoms with Gasteiger partial charge in [0.25, 0.3) is 0 Å². The molecule has 1 aromatic rings. The molecule has 0 radical (unpaired) electrons. The van der Waals surface area contributed by atoms with Crippen LogP contribution in [-0.2, 0) is 16.6 Å². The van der Waals surface area contributed by atoms with Crippen LogP contribution < -0.4 is 10.0 Å². The van der Waals surface area contributed by atoms with Gasteiger partial charge < -0.3 is 5.32 Å². The van der Waals surface area contributed by atoms with Crippen LogP contribution in [0.4, 0.5) is 4.39 Å². The van der Waals surface area contributed by atoms with Crippen molar-refractivity contribution in [3.63, 3.8) is 0 Å². The van der Waals surface area contributed by atoms with Gasteiger partial charge in [-0.15, -0.1) is 0 Å². The smallest absolute Gasteiger partial charge is 0.240 e. The Morgan fingerprint density at radius 1 is 1.33 bits per heavy atom. The van der Waals surface area contributed by atoms with Crippen molar-refractivity contribution in [1.82, 2.24) is 10.0 Å². The topological polar surface area (TPSA) is 58.2 Å². The number of aryl methyl sites for hydroxylation is 1. The summed E-state index contributed by atoms with van der Waals surface area (Å²) in [4.78, 5) is 0.111. The molecule has 0 aliphatic heterocycles. The predicted molar refractivity (Wildman–Crippen MR) is 69.4 cm³/mol. The summed E-state index contributed by atoms with van der Waals surface area (Å²) in [7, 11) is -1.86. The lowest BCUT2D eigenvalue weighted by Gasteiger charge is -2.10. The van der Waals surface area contributed by atoms with E-state index < -0.39 is 10.0 Å². The van der Waals surface area contributed by atoms with Crippen LogP contribution >= 0.6 is 0 Å². The molecule has 2 N–H and O–H groups in total. The summed E-state index contributed by atoms with van der Waals surface area (Å²) in [5, 5.41) is 2.82. The van der Waals surface area contributed by atoms with Gasteiger partial charge in [0.1, 0.15) is 5.82 Å². The minimum atomic E-state index is -3.55. The van der Waals surface area contributed by atoms with E-state index in [1.165, 1.54) is 12.1 Å². The minimum absolute atomic E-state index is 0.111. The van der Waals surface area contributed by atoms with Gasteiger partial charge in [-0.05, 0) is 38.1 Å². The highest BCUT2D eigenvalue weighted by atomic mass is 32.2. The van der Waals surface area contributed by atoms with Crippen LogP contribution in [0.25, 0.3) is 0 Å². The number of halogens is 1. The van der Waals surface area contributed by atoms with Gasteiger partial charge in [0.15, 0.2) is 0 Å². The van der Waals surface area contributed by atoms with Crippen molar-refractivity contribution in [1.29, 1.82) is 0 Å². The minimum Gasteiger partial charge on any atom is -0.316 e. The Morgan fingerprint density at radius 3 is 2.56 bits per heavy atom.